The summed E-state index contributed by atoms with van der Waals surface area (Å²) in [6, 6.07) is 0. The molecule has 3 rings (SSSR count). The van der Waals surface area contributed by atoms with Gasteiger partial charge in [-0.1, -0.05) is 0 Å². The lowest BCUT2D eigenvalue weighted by Gasteiger charge is -2.48. The van der Waals surface area contributed by atoms with Crippen LogP contribution in [0.2, 0.25) is 0 Å². The number of aliphatic hydroxyl groups excluding tert-OH is 11. The van der Waals surface area contributed by atoms with Gasteiger partial charge in [-0.05, 0) is 0 Å². The normalized spacial score (nSPS) is 52.5. The van der Waals surface area contributed by atoms with Crippen LogP contribution in [0.25, 0.3) is 0 Å². The number of hydrogen-bond donors (Lipinski definition) is 11. The van der Waals surface area contributed by atoms with E-state index in [9.17, 15) is 56.2 Å². The first-order valence-electron chi connectivity index (χ1n) is 10.6. The van der Waals surface area contributed by atoms with Crippen molar-refractivity contribution in [2.75, 3.05) is 19.8 Å². The van der Waals surface area contributed by atoms with Crippen LogP contribution < -0.4 is 0 Å². The summed E-state index contributed by atoms with van der Waals surface area (Å²) in [4.78, 5) is 0. The summed E-state index contributed by atoms with van der Waals surface area (Å²) in [6.07, 6.45) is -25.7. The van der Waals surface area contributed by atoms with Crippen LogP contribution in [0.15, 0.2) is 0 Å². The molecule has 3 fully saturated rings. The molecule has 200 valence electrons. The Morgan fingerprint density at radius 2 is 0.853 bits per heavy atom. The molecule has 34 heavy (non-hydrogen) atoms. The van der Waals surface area contributed by atoms with E-state index in [0.29, 0.717) is 0 Å². The lowest BCUT2D eigenvalue weighted by atomic mass is 9.96. The molecule has 16 heteroatoms. The number of aliphatic hydroxyl groups is 11. The van der Waals surface area contributed by atoms with E-state index in [1.54, 1.807) is 0 Å². The highest BCUT2D eigenvalue weighted by molar-refractivity contribution is 4.95. The van der Waals surface area contributed by atoms with Crippen molar-refractivity contribution in [3.63, 3.8) is 0 Å². The van der Waals surface area contributed by atoms with Gasteiger partial charge in [0.2, 0.25) is 0 Å². The highest BCUT2D eigenvalue weighted by atomic mass is 16.8. The van der Waals surface area contributed by atoms with Gasteiger partial charge < -0.3 is 79.9 Å². The minimum absolute atomic E-state index is 0.734. The molecular formula is C18H32O16. The monoisotopic (exact) mass is 504 g/mol. The first-order valence-corrected chi connectivity index (χ1v) is 10.6. The van der Waals surface area contributed by atoms with E-state index in [1.807, 2.05) is 0 Å². The van der Waals surface area contributed by atoms with Crippen molar-refractivity contribution in [3.05, 3.63) is 0 Å². The fourth-order valence-electron chi connectivity index (χ4n) is 4.02. The van der Waals surface area contributed by atoms with E-state index in [-0.39, 0.29) is 0 Å². The average molecular weight is 504 g/mol. The Kier molecular flexibility index (Phi) is 9.54. The molecule has 16 nitrogen and oxygen atoms in total. The molecular weight excluding hydrogens is 472 g/mol. The summed E-state index contributed by atoms with van der Waals surface area (Å²) in [5.74, 6) is 0. The van der Waals surface area contributed by atoms with Crippen LogP contribution >= 0.6 is 0 Å². The molecule has 0 aromatic rings. The van der Waals surface area contributed by atoms with Crippen molar-refractivity contribution in [1.29, 1.82) is 0 Å². The van der Waals surface area contributed by atoms with Gasteiger partial charge in [0, 0.05) is 0 Å². The van der Waals surface area contributed by atoms with Gasteiger partial charge in [-0.25, -0.2) is 0 Å². The Hall–Kier alpha value is -0.640. The maximum atomic E-state index is 10.6. The van der Waals surface area contributed by atoms with Gasteiger partial charge in [0.25, 0.3) is 0 Å². The Morgan fingerprint density at radius 3 is 1.38 bits per heavy atom. The van der Waals surface area contributed by atoms with Crippen molar-refractivity contribution >= 4 is 0 Å². The summed E-state index contributed by atoms with van der Waals surface area (Å²) in [6.45, 7) is -2.31. The molecule has 0 aromatic carbocycles. The lowest BCUT2D eigenvalue weighted by Crippen LogP contribution is -2.66. The fraction of sp³-hybridized carbons (Fsp3) is 1.00. The maximum absolute atomic E-state index is 10.6. The molecule has 0 aromatic heterocycles. The van der Waals surface area contributed by atoms with Crippen LogP contribution in [-0.2, 0) is 23.7 Å². The van der Waals surface area contributed by atoms with Gasteiger partial charge in [-0.2, -0.15) is 0 Å². The third-order valence-corrected chi connectivity index (χ3v) is 6.10. The smallest absolute Gasteiger partial charge is 0.187 e. The van der Waals surface area contributed by atoms with E-state index >= 15 is 0 Å². The van der Waals surface area contributed by atoms with Crippen LogP contribution in [-0.4, -0.2) is 168 Å². The van der Waals surface area contributed by atoms with Crippen molar-refractivity contribution < 1.29 is 79.9 Å². The average Bonchev–Trinajstić information content (AvgIpc) is 2.83. The summed E-state index contributed by atoms with van der Waals surface area (Å²) < 4.78 is 26.5. The second-order valence-electron chi connectivity index (χ2n) is 8.33. The Labute approximate surface area is 192 Å². The Balaban J connectivity index is 1.82. The minimum atomic E-state index is -1.90. The maximum Gasteiger partial charge on any atom is 0.187 e. The molecule has 0 spiro atoms. The van der Waals surface area contributed by atoms with Crippen LogP contribution in [0.5, 0.6) is 0 Å². The van der Waals surface area contributed by atoms with Crippen LogP contribution in [0.1, 0.15) is 0 Å². The molecule has 11 N–H and O–H groups in total. The van der Waals surface area contributed by atoms with Gasteiger partial charge in [0.15, 0.2) is 18.9 Å². The van der Waals surface area contributed by atoms with E-state index in [2.05, 4.69) is 0 Å². The quantitative estimate of drug-likeness (QED) is 0.154. The van der Waals surface area contributed by atoms with E-state index in [0.717, 1.165) is 0 Å². The molecule has 0 radical (unpaired) electrons. The molecule has 15 atom stereocenters. The second kappa shape index (κ2) is 11.6. The standard InChI is InChI=1S/C18H32O16/c19-1-4-8(23)11(26)14(16(29)30-4)33-18-15(12(27)9(24)6(3-21)32-18)34-17-13(28)10(25)7(22)5(2-20)31-17/h4-29H,1-3H2/t4-,5-,6-,7-,8-,9-,10+,11+,12+,13-,14-,15-,16-,17+,18+/m1/s1. The highest BCUT2D eigenvalue weighted by Gasteiger charge is 2.53. The van der Waals surface area contributed by atoms with Crippen molar-refractivity contribution in [2.45, 2.75) is 92.1 Å². The Morgan fingerprint density at radius 1 is 0.441 bits per heavy atom. The minimum Gasteiger partial charge on any atom is -0.394 e. The summed E-state index contributed by atoms with van der Waals surface area (Å²) in [5, 5.41) is 109. The van der Waals surface area contributed by atoms with Crippen LogP contribution in [0.3, 0.4) is 0 Å². The first kappa shape index (κ1) is 27.9. The molecule has 3 aliphatic heterocycles. The lowest BCUT2D eigenvalue weighted by molar-refractivity contribution is -0.391. The summed E-state index contributed by atoms with van der Waals surface area (Å²) >= 11 is 0. The first-order chi connectivity index (χ1) is 16.0. The second-order valence-corrected chi connectivity index (χ2v) is 8.33. The highest BCUT2D eigenvalue weighted by Crippen LogP contribution is 2.32. The van der Waals surface area contributed by atoms with Crippen molar-refractivity contribution in [2.24, 2.45) is 0 Å². The molecule has 0 unspecified atom stereocenters. The number of ether oxygens (including phenoxy) is 5. The van der Waals surface area contributed by atoms with Crippen LogP contribution in [0.4, 0.5) is 0 Å². The summed E-state index contributed by atoms with van der Waals surface area (Å²) in [7, 11) is 0. The third-order valence-electron chi connectivity index (χ3n) is 6.10. The van der Waals surface area contributed by atoms with Gasteiger partial charge in [0.05, 0.1) is 19.8 Å². The van der Waals surface area contributed by atoms with Gasteiger partial charge in [-0.3, -0.25) is 0 Å². The zero-order valence-corrected chi connectivity index (χ0v) is 17.7. The largest absolute Gasteiger partial charge is 0.394 e. The molecule has 0 aliphatic carbocycles. The van der Waals surface area contributed by atoms with E-state index in [1.165, 1.54) is 0 Å². The predicted molar refractivity (Wildman–Crippen MR) is 101 cm³/mol. The molecule has 3 heterocycles. The SMILES string of the molecule is OC[C@H]1O[C@@H](O[C@H]2[C@H](O[C@@H]3[C@@H](O)[C@H](O)[C@@H](CO)O[C@H]3O)O[C@H](CO)[C@@H](O)[C@@H]2O)[C@H](O)[C@@H](O)[C@@H]1O. The van der Waals surface area contributed by atoms with E-state index in [4.69, 9.17) is 23.7 Å². The molecule has 3 saturated heterocycles. The molecule has 3 aliphatic rings. The fourth-order valence-corrected chi connectivity index (χ4v) is 4.02. The van der Waals surface area contributed by atoms with Gasteiger partial charge >= 0.3 is 0 Å². The number of hydrogen-bond acceptors (Lipinski definition) is 16. The van der Waals surface area contributed by atoms with Crippen LogP contribution in [0, 0.1) is 0 Å². The molecule has 0 bridgehead atoms. The zero-order chi connectivity index (χ0) is 25.3. The topological polar surface area (TPSA) is 269 Å². The van der Waals surface area contributed by atoms with Gasteiger partial charge in [-0.15, -0.1) is 0 Å². The summed E-state index contributed by atoms with van der Waals surface area (Å²) in [5.41, 5.74) is 0. The van der Waals surface area contributed by atoms with Gasteiger partial charge in [0.1, 0.15) is 73.2 Å². The zero-order valence-electron chi connectivity index (χ0n) is 17.7. The van der Waals surface area contributed by atoms with Crippen molar-refractivity contribution in [3.8, 4) is 0 Å². The van der Waals surface area contributed by atoms with E-state index < -0.39 is 112 Å². The third kappa shape index (κ3) is 5.37. The number of rotatable bonds is 7. The molecule has 0 saturated carbocycles. The van der Waals surface area contributed by atoms with Crippen molar-refractivity contribution in [1.82, 2.24) is 0 Å². The molecule has 0 amide bonds. The Bertz CT molecular complexity index is 639. The predicted octanol–water partition coefficient (Wildman–Crippen LogP) is -7.57.